The highest BCUT2D eigenvalue weighted by Crippen LogP contribution is 2.31. The molecule has 1 heterocycles. The van der Waals surface area contributed by atoms with Crippen molar-refractivity contribution in [2.75, 3.05) is 7.11 Å². The molecule has 0 spiro atoms. The number of carbonyl (C=O) groups excluding carboxylic acids is 1. The highest BCUT2D eigenvalue weighted by Gasteiger charge is 2.40. The molecule has 1 aliphatic heterocycles. The van der Waals surface area contributed by atoms with Crippen LogP contribution in [-0.2, 0) is 16.1 Å². The van der Waals surface area contributed by atoms with E-state index in [0.29, 0.717) is 13.0 Å². The van der Waals surface area contributed by atoms with Crippen LogP contribution in [0.5, 0.6) is 0 Å². The van der Waals surface area contributed by atoms with E-state index in [1.807, 2.05) is 41.3 Å². The van der Waals surface area contributed by atoms with Crippen molar-refractivity contribution in [3.05, 3.63) is 48.6 Å². The first kappa shape index (κ1) is 14.7. The fourth-order valence-electron chi connectivity index (χ4n) is 2.61. The molecule has 4 heteroatoms. The minimum Gasteiger partial charge on any atom is -0.467 e. The van der Waals surface area contributed by atoms with Crippen LogP contribution in [0.2, 0.25) is 0 Å². The van der Waals surface area contributed by atoms with Crippen molar-refractivity contribution in [2.45, 2.75) is 25.4 Å². The third kappa shape index (κ3) is 3.07. The number of hydrogen-bond acceptors (Lipinski definition) is 3. The predicted octanol–water partition coefficient (Wildman–Crippen LogP) is 2.95. The molecular weight excluding hydrogens is 270 g/mol. The Balaban J connectivity index is 2.19. The largest absolute Gasteiger partial charge is 0.467 e. The SMILES string of the molecule is C=CC[C@@H]1C[C@@H](C(=O)OC)N(Cc2ccccc2)C1=S. The van der Waals surface area contributed by atoms with Gasteiger partial charge in [0, 0.05) is 12.5 Å². The number of nitrogens with zero attached hydrogens (tertiary/aromatic N) is 1. The number of carbonyl (C=O) groups is 1. The van der Waals surface area contributed by atoms with Crippen LogP contribution < -0.4 is 0 Å². The molecule has 20 heavy (non-hydrogen) atoms. The summed E-state index contributed by atoms with van der Waals surface area (Å²) in [6.07, 6.45) is 3.37. The lowest BCUT2D eigenvalue weighted by Gasteiger charge is -2.25. The molecule has 1 aromatic carbocycles. The summed E-state index contributed by atoms with van der Waals surface area (Å²) in [5, 5.41) is 0. The number of methoxy groups -OCH3 is 1. The van der Waals surface area contributed by atoms with Crippen molar-refractivity contribution in [3.63, 3.8) is 0 Å². The van der Waals surface area contributed by atoms with Crippen LogP contribution in [0.1, 0.15) is 18.4 Å². The Hall–Kier alpha value is -1.68. The van der Waals surface area contributed by atoms with Crippen LogP contribution in [-0.4, -0.2) is 29.0 Å². The normalized spacial score (nSPS) is 21.9. The second kappa shape index (κ2) is 6.66. The number of ether oxygens (including phenoxy) is 1. The predicted molar refractivity (Wildman–Crippen MR) is 83.3 cm³/mol. The number of hydrogen-bond donors (Lipinski definition) is 0. The van der Waals surface area contributed by atoms with Crippen LogP contribution in [0.4, 0.5) is 0 Å². The standard InChI is InChI=1S/C16H19NO2S/c1-3-7-13-10-14(16(18)19-2)17(15(13)20)11-12-8-5-4-6-9-12/h3-6,8-9,13-14H,1,7,10-11H2,2H3/t13-,14+/m1/s1. The van der Waals surface area contributed by atoms with Gasteiger partial charge in [-0.3, -0.25) is 0 Å². The smallest absolute Gasteiger partial charge is 0.328 e. The van der Waals surface area contributed by atoms with Gasteiger partial charge < -0.3 is 9.64 Å². The summed E-state index contributed by atoms with van der Waals surface area (Å²) < 4.78 is 4.91. The van der Waals surface area contributed by atoms with Gasteiger partial charge in [-0.05, 0) is 18.4 Å². The van der Waals surface area contributed by atoms with Gasteiger partial charge >= 0.3 is 5.97 Å². The first-order chi connectivity index (χ1) is 9.67. The maximum atomic E-state index is 12.0. The van der Waals surface area contributed by atoms with E-state index in [1.54, 1.807) is 0 Å². The van der Waals surface area contributed by atoms with Crippen LogP contribution in [0.15, 0.2) is 43.0 Å². The van der Waals surface area contributed by atoms with Gasteiger partial charge in [0.1, 0.15) is 6.04 Å². The molecule has 1 aromatic rings. The summed E-state index contributed by atoms with van der Waals surface area (Å²) in [4.78, 5) is 14.8. The topological polar surface area (TPSA) is 29.5 Å². The molecular formula is C16H19NO2S. The zero-order valence-electron chi connectivity index (χ0n) is 11.6. The molecule has 0 saturated carbocycles. The van der Waals surface area contributed by atoms with E-state index in [0.717, 1.165) is 17.0 Å². The number of allylic oxidation sites excluding steroid dienone is 1. The quantitative estimate of drug-likeness (QED) is 0.473. The molecule has 3 nitrogen and oxygen atoms in total. The molecule has 0 amide bonds. The second-order valence-corrected chi connectivity index (χ2v) is 5.37. The summed E-state index contributed by atoms with van der Waals surface area (Å²) in [5.41, 5.74) is 1.14. The van der Waals surface area contributed by atoms with E-state index < -0.39 is 0 Å². The molecule has 0 aromatic heterocycles. The number of esters is 1. The molecule has 0 N–H and O–H groups in total. The Bertz CT molecular complexity index is 500. The minimum atomic E-state index is -0.280. The van der Waals surface area contributed by atoms with Gasteiger partial charge in [-0.15, -0.1) is 6.58 Å². The van der Waals surface area contributed by atoms with Crippen molar-refractivity contribution in [2.24, 2.45) is 5.92 Å². The molecule has 1 aliphatic rings. The third-order valence-corrected chi connectivity index (χ3v) is 4.20. The summed E-state index contributed by atoms with van der Waals surface area (Å²) in [6.45, 7) is 4.41. The second-order valence-electron chi connectivity index (χ2n) is 4.95. The monoisotopic (exact) mass is 289 g/mol. The fourth-order valence-corrected chi connectivity index (χ4v) is 3.00. The van der Waals surface area contributed by atoms with Crippen LogP contribution in [0.3, 0.4) is 0 Å². The van der Waals surface area contributed by atoms with Gasteiger partial charge in [0.25, 0.3) is 0 Å². The van der Waals surface area contributed by atoms with E-state index in [2.05, 4.69) is 6.58 Å². The van der Waals surface area contributed by atoms with Gasteiger partial charge in [0.2, 0.25) is 0 Å². The van der Waals surface area contributed by atoms with Crippen molar-refractivity contribution < 1.29 is 9.53 Å². The summed E-state index contributed by atoms with van der Waals surface area (Å²) in [5.74, 6) is -0.00912. The van der Waals surface area contributed by atoms with Crippen molar-refractivity contribution in [1.82, 2.24) is 4.90 Å². The van der Waals surface area contributed by atoms with E-state index in [4.69, 9.17) is 17.0 Å². The lowest BCUT2D eigenvalue weighted by Crippen LogP contribution is -2.38. The maximum Gasteiger partial charge on any atom is 0.328 e. The third-order valence-electron chi connectivity index (χ3n) is 3.64. The van der Waals surface area contributed by atoms with Gasteiger partial charge in [-0.2, -0.15) is 0 Å². The molecule has 0 unspecified atom stereocenters. The molecule has 0 radical (unpaired) electrons. The number of benzene rings is 1. The Morgan fingerprint density at radius 2 is 2.20 bits per heavy atom. The highest BCUT2D eigenvalue weighted by molar-refractivity contribution is 7.80. The summed E-state index contributed by atoms with van der Waals surface area (Å²) in [6, 6.07) is 9.75. The Morgan fingerprint density at radius 3 is 2.80 bits per heavy atom. The average Bonchev–Trinajstić information content (AvgIpc) is 2.77. The average molecular weight is 289 g/mol. The van der Waals surface area contributed by atoms with Crippen LogP contribution >= 0.6 is 12.2 Å². The number of thiocarbonyl (C=S) groups is 1. The summed E-state index contributed by atoms with van der Waals surface area (Å²) >= 11 is 5.54. The summed E-state index contributed by atoms with van der Waals surface area (Å²) in [7, 11) is 1.42. The van der Waals surface area contributed by atoms with E-state index in [1.165, 1.54) is 7.11 Å². The first-order valence-corrected chi connectivity index (χ1v) is 7.11. The van der Waals surface area contributed by atoms with Crippen LogP contribution in [0.25, 0.3) is 0 Å². The van der Waals surface area contributed by atoms with Gasteiger partial charge in [0.05, 0.1) is 12.1 Å². The lowest BCUT2D eigenvalue weighted by molar-refractivity contribution is -0.145. The molecule has 2 rings (SSSR count). The zero-order valence-corrected chi connectivity index (χ0v) is 12.4. The molecule has 2 atom stereocenters. The lowest BCUT2D eigenvalue weighted by atomic mass is 10.0. The van der Waals surface area contributed by atoms with E-state index in [-0.39, 0.29) is 17.9 Å². The van der Waals surface area contributed by atoms with Crippen molar-refractivity contribution in [1.29, 1.82) is 0 Å². The van der Waals surface area contributed by atoms with E-state index >= 15 is 0 Å². The highest BCUT2D eigenvalue weighted by atomic mass is 32.1. The molecule has 106 valence electrons. The van der Waals surface area contributed by atoms with Gasteiger partial charge in [-0.25, -0.2) is 4.79 Å². The molecule has 0 aliphatic carbocycles. The number of likely N-dealkylation sites (tertiary alicyclic amines) is 1. The fraction of sp³-hybridized carbons (Fsp3) is 0.375. The van der Waals surface area contributed by atoms with Crippen LogP contribution in [0, 0.1) is 5.92 Å². The molecule has 1 saturated heterocycles. The maximum absolute atomic E-state index is 12.0. The molecule has 1 fully saturated rings. The first-order valence-electron chi connectivity index (χ1n) is 6.70. The Kier molecular flexibility index (Phi) is 4.90. The minimum absolute atomic E-state index is 0.204. The van der Waals surface area contributed by atoms with Crippen molar-refractivity contribution in [3.8, 4) is 0 Å². The molecule has 0 bridgehead atoms. The van der Waals surface area contributed by atoms with E-state index in [9.17, 15) is 4.79 Å². The van der Waals surface area contributed by atoms with Gasteiger partial charge in [-0.1, -0.05) is 48.6 Å². The van der Waals surface area contributed by atoms with Gasteiger partial charge in [0.15, 0.2) is 0 Å². The van der Waals surface area contributed by atoms with Crippen molar-refractivity contribution >= 4 is 23.2 Å². The zero-order chi connectivity index (χ0) is 14.5. The number of rotatable bonds is 5. The Morgan fingerprint density at radius 1 is 1.50 bits per heavy atom. The Labute approximate surface area is 125 Å².